The van der Waals surface area contributed by atoms with Crippen LogP contribution < -0.4 is 10.1 Å². The molecular formula is C13H14BrNO2. The molecule has 0 aliphatic carbocycles. The van der Waals surface area contributed by atoms with Crippen LogP contribution in [0.5, 0.6) is 5.75 Å². The van der Waals surface area contributed by atoms with Gasteiger partial charge in [0.2, 0.25) is 0 Å². The van der Waals surface area contributed by atoms with Gasteiger partial charge in [-0.25, -0.2) is 0 Å². The number of methoxy groups -OCH3 is 1. The van der Waals surface area contributed by atoms with E-state index >= 15 is 0 Å². The number of furan rings is 1. The zero-order valence-electron chi connectivity index (χ0n) is 9.74. The molecule has 0 bridgehead atoms. The van der Waals surface area contributed by atoms with Crippen molar-refractivity contribution in [2.75, 3.05) is 14.2 Å². The first kappa shape index (κ1) is 12.2. The normalized spacial score (nSPS) is 12.4. The summed E-state index contributed by atoms with van der Waals surface area (Å²) in [5, 5.41) is 3.23. The number of hydrogen-bond donors (Lipinski definition) is 1. The highest BCUT2D eigenvalue weighted by atomic mass is 79.9. The quantitative estimate of drug-likeness (QED) is 0.939. The van der Waals surface area contributed by atoms with Crippen molar-refractivity contribution in [3.05, 3.63) is 52.4 Å². The van der Waals surface area contributed by atoms with Crippen molar-refractivity contribution in [1.82, 2.24) is 5.32 Å². The van der Waals surface area contributed by atoms with Gasteiger partial charge in [-0.1, -0.05) is 18.2 Å². The number of ether oxygens (including phenoxy) is 1. The first-order valence-electron chi connectivity index (χ1n) is 5.31. The summed E-state index contributed by atoms with van der Waals surface area (Å²) in [6, 6.07) is 11.7. The van der Waals surface area contributed by atoms with Crippen molar-refractivity contribution in [2.45, 2.75) is 6.04 Å². The van der Waals surface area contributed by atoms with Gasteiger partial charge in [0.15, 0.2) is 4.67 Å². The number of halogens is 1. The van der Waals surface area contributed by atoms with Crippen LogP contribution in [0.4, 0.5) is 0 Å². The molecule has 2 aromatic rings. The summed E-state index contributed by atoms with van der Waals surface area (Å²) >= 11 is 3.31. The van der Waals surface area contributed by atoms with Crippen LogP contribution in [0.2, 0.25) is 0 Å². The fourth-order valence-electron chi connectivity index (χ4n) is 1.84. The van der Waals surface area contributed by atoms with Crippen molar-refractivity contribution in [3.63, 3.8) is 0 Å². The number of para-hydroxylation sites is 1. The minimum absolute atomic E-state index is 0.0163. The van der Waals surface area contributed by atoms with Crippen molar-refractivity contribution in [3.8, 4) is 5.75 Å². The summed E-state index contributed by atoms with van der Waals surface area (Å²) < 4.78 is 11.7. The van der Waals surface area contributed by atoms with Gasteiger partial charge in [0.25, 0.3) is 0 Å². The van der Waals surface area contributed by atoms with Crippen molar-refractivity contribution in [2.24, 2.45) is 0 Å². The van der Waals surface area contributed by atoms with Gasteiger partial charge in [-0.3, -0.25) is 0 Å². The highest BCUT2D eigenvalue weighted by Gasteiger charge is 2.19. The van der Waals surface area contributed by atoms with Crippen LogP contribution in [0.25, 0.3) is 0 Å². The summed E-state index contributed by atoms with van der Waals surface area (Å²) in [7, 11) is 3.57. The molecule has 90 valence electrons. The summed E-state index contributed by atoms with van der Waals surface area (Å²) in [6.07, 6.45) is 0. The van der Waals surface area contributed by atoms with Gasteiger partial charge in [-0.2, -0.15) is 0 Å². The minimum Gasteiger partial charge on any atom is -0.496 e. The fourth-order valence-corrected chi connectivity index (χ4v) is 2.16. The molecule has 0 saturated carbocycles. The second kappa shape index (κ2) is 5.38. The van der Waals surface area contributed by atoms with Gasteiger partial charge in [0, 0.05) is 5.56 Å². The van der Waals surface area contributed by atoms with Gasteiger partial charge in [-0.05, 0) is 41.2 Å². The molecule has 0 aliphatic rings. The second-order valence-electron chi connectivity index (χ2n) is 3.61. The predicted octanol–water partition coefficient (Wildman–Crippen LogP) is 3.36. The Labute approximate surface area is 109 Å². The molecule has 4 heteroatoms. The summed E-state index contributed by atoms with van der Waals surface area (Å²) in [5.41, 5.74) is 1.05. The van der Waals surface area contributed by atoms with Gasteiger partial charge in [-0.15, -0.1) is 0 Å². The maximum Gasteiger partial charge on any atom is 0.169 e. The number of benzene rings is 1. The smallest absolute Gasteiger partial charge is 0.169 e. The Hall–Kier alpha value is -1.26. The lowest BCUT2D eigenvalue weighted by Gasteiger charge is -2.17. The molecule has 0 fully saturated rings. The molecule has 1 aromatic carbocycles. The Morgan fingerprint density at radius 1 is 1.24 bits per heavy atom. The first-order valence-corrected chi connectivity index (χ1v) is 6.11. The van der Waals surface area contributed by atoms with Crippen LogP contribution in [-0.4, -0.2) is 14.2 Å². The Balaban J connectivity index is 2.41. The first-order chi connectivity index (χ1) is 8.26. The highest BCUT2D eigenvalue weighted by molar-refractivity contribution is 9.10. The summed E-state index contributed by atoms with van der Waals surface area (Å²) in [4.78, 5) is 0. The molecule has 0 aliphatic heterocycles. The van der Waals surface area contributed by atoms with E-state index in [-0.39, 0.29) is 6.04 Å². The fraction of sp³-hybridized carbons (Fsp3) is 0.231. The molecule has 0 amide bonds. The largest absolute Gasteiger partial charge is 0.496 e. The highest BCUT2D eigenvalue weighted by Crippen LogP contribution is 2.31. The zero-order chi connectivity index (χ0) is 12.3. The molecule has 0 radical (unpaired) electrons. The molecule has 0 saturated heterocycles. The van der Waals surface area contributed by atoms with E-state index in [0.717, 1.165) is 21.7 Å². The topological polar surface area (TPSA) is 34.4 Å². The van der Waals surface area contributed by atoms with Gasteiger partial charge < -0.3 is 14.5 Å². The maximum atomic E-state index is 5.59. The van der Waals surface area contributed by atoms with E-state index in [1.54, 1.807) is 7.11 Å². The van der Waals surface area contributed by atoms with Crippen LogP contribution in [-0.2, 0) is 0 Å². The zero-order valence-corrected chi connectivity index (χ0v) is 11.3. The molecule has 1 atom stereocenters. The van der Waals surface area contributed by atoms with E-state index < -0.39 is 0 Å². The van der Waals surface area contributed by atoms with Crippen LogP contribution in [0.15, 0.2) is 45.5 Å². The van der Waals surface area contributed by atoms with Crippen LogP contribution in [0, 0.1) is 0 Å². The minimum atomic E-state index is -0.0163. The summed E-state index contributed by atoms with van der Waals surface area (Å²) in [5.74, 6) is 1.70. The van der Waals surface area contributed by atoms with Gasteiger partial charge in [0.05, 0.1) is 13.2 Å². The Morgan fingerprint density at radius 3 is 2.59 bits per heavy atom. The lowest BCUT2D eigenvalue weighted by molar-refractivity contribution is 0.394. The Bertz CT molecular complexity index is 496. The third-order valence-corrected chi connectivity index (χ3v) is 3.04. The van der Waals surface area contributed by atoms with E-state index in [4.69, 9.17) is 9.15 Å². The SMILES string of the molecule is CNC(c1ccc(Br)o1)c1ccccc1OC. The molecule has 1 N–H and O–H groups in total. The van der Waals surface area contributed by atoms with E-state index in [2.05, 4.69) is 21.2 Å². The monoisotopic (exact) mass is 295 g/mol. The predicted molar refractivity (Wildman–Crippen MR) is 70.3 cm³/mol. The molecule has 1 heterocycles. The van der Waals surface area contributed by atoms with Crippen molar-refractivity contribution < 1.29 is 9.15 Å². The number of rotatable bonds is 4. The Kier molecular flexibility index (Phi) is 3.86. The maximum absolute atomic E-state index is 5.59. The molecule has 1 unspecified atom stereocenters. The lowest BCUT2D eigenvalue weighted by Crippen LogP contribution is -2.17. The molecule has 1 aromatic heterocycles. The average molecular weight is 296 g/mol. The van der Waals surface area contributed by atoms with E-state index in [1.807, 2.05) is 43.4 Å². The third kappa shape index (κ3) is 2.53. The molecular weight excluding hydrogens is 282 g/mol. The van der Waals surface area contributed by atoms with Crippen molar-refractivity contribution >= 4 is 15.9 Å². The third-order valence-electron chi connectivity index (χ3n) is 2.62. The van der Waals surface area contributed by atoms with E-state index in [9.17, 15) is 0 Å². The number of nitrogens with one attached hydrogen (secondary N) is 1. The second-order valence-corrected chi connectivity index (χ2v) is 4.39. The van der Waals surface area contributed by atoms with Crippen molar-refractivity contribution in [1.29, 1.82) is 0 Å². The molecule has 17 heavy (non-hydrogen) atoms. The van der Waals surface area contributed by atoms with Gasteiger partial charge >= 0.3 is 0 Å². The summed E-state index contributed by atoms with van der Waals surface area (Å²) in [6.45, 7) is 0. The molecule has 2 rings (SSSR count). The van der Waals surface area contributed by atoms with Crippen LogP contribution in [0.1, 0.15) is 17.4 Å². The number of hydrogen-bond acceptors (Lipinski definition) is 3. The Morgan fingerprint density at radius 2 is 2.00 bits per heavy atom. The molecule has 0 spiro atoms. The van der Waals surface area contributed by atoms with E-state index in [1.165, 1.54) is 0 Å². The van der Waals surface area contributed by atoms with Gasteiger partial charge in [0.1, 0.15) is 11.5 Å². The lowest BCUT2D eigenvalue weighted by atomic mass is 10.0. The van der Waals surface area contributed by atoms with E-state index in [0.29, 0.717) is 0 Å². The van der Waals surface area contributed by atoms with Crippen LogP contribution in [0.3, 0.4) is 0 Å². The molecule has 3 nitrogen and oxygen atoms in total. The van der Waals surface area contributed by atoms with Crippen LogP contribution >= 0.6 is 15.9 Å². The average Bonchev–Trinajstić information content (AvgIpc) is 2.77. The standard InChI is InChI=1S/C13H14BrNO2/c1-15-13(11-7-8-12(14)17-11)9-5-3-4-6-10(9)16-2/h3-8,13,15H,1-2H3.